The summed E-state index contributed by atoms with van der Waals surface area (Å²) >= 11 is 0. The third-order valence-corrected chi connectivity index (χ3v) is 3.25. The molecule has 126 valence electrons. The molecule has 0 saturated carbocycles. The zero-order valence-corrected chi connectivity index (χ0v) is 13.1. The smallest absolute Gasteiger partial charge is 0.302 e. The maximum atomic E-state index is 12.1. The number of Topliss-reactive ketones (excluding diaryl/α,β-unsaturated/α-hetero) is 1. The number of oxazole rings is 1. The number of amides is 2. The van der Waals surface area contributed by atoms with Crippen LogP contribution < -0.4 is 10.6 Å². The Morgan fingerprint density at radius 3 is 2.36 bits per heavy atom. The first-order valence-electron chi connectivity index (χ1n) is 7.25. The normalized spacial score (nSPS) is 10.3. The number of furan rings is 1. The van der Waals surface area contributed by atoms with Crippen LogP contribution in [0.2, 0.25) is 0 Å². The summed E-state index contributed by atoms with van der Waals surface area (Å²) in [4.78, 5) is 39.0. The summed E-state index contributed by atoms with van der Waals surface area (Å²) < 4.78 is 9.99. The third-order valence-electron chi connectivity index (χ3n) is 3.25. The van der Waals surface area contributed by atoms with Gasteiger partial charge in [-0.1, -0.05) is 0 Å². The van der Waals surface area contributed by atoms with Gasteiger partial charge >= 0.3 is 6.01 Å². The van der Waals surface area contributed by atoms with Crippen LogP contribution in [0, 0.1) is 0 Å². The molecule has 2 N–H and O–H groups in total. The molecule has 0 fully saturated rings. The highest BCUT2D eigenvalue weighted by molar-refractivity contribution is 6.04. The molecule has 3 rings (SSSR count). The van der Waals surface area contributed by atoms with Gasteiger partial charge in [0.05, 0.1) is 6.26 Å². The minimum absolute atomic E-state index is 0.00890. The molecule has 8 nitrogen and oxygen atoms in total. The maximum absolute atomic E-state index is 12.1. The lowest BCUT2D eigenvalue weighted by Gasteiger charge is -2.03. The Labute approximate surface area is 141 Å². The molecule has 2 aromatic heterocycles. The van der Waals surface area contributed by atoms with E-state index in [1.54, 1.807) is 30.3 Å². The Balaban J connectivity index is 1.64. The molecule has 0 saturated heterocycles. The fourth-order valence-corrected chi connectivity index (χ4v) is 1.99. The molecule has 8 heteroatoms. The number of anilines is 2. The van der Waals surface area contributed by atoms with E-state index >= 15 is 0 Å². The van der Waals surface area contributed by atoms with Crippen molar-refractivity contribution < 1.29 is 23.2 Å². The second kappa shape index (κ2) is 6.83. The predicted octanol–water partition coefficient (Wildman–Crippen LogP) is 2.97. The largest absolute Gasteiger partial charge is 0.459 e. The van der Waals surface area contributed by atoms with Gasteiger partial charge in [-0.05, 0) is 43.3 Å². The molecule has 2 amide bonds. The van der Waals surface area contributed by atoms with Crippen molar-refractivity contribution in [3.8, 4) is 0 Å². The molecule has 3 aromatic rings. The SMILES string of the molecule is CC(=O)c1ccc(NC(=O)c2coc(NC(=O)c3ccco3)n2)cc1. The van der Waals surface area contributed by atoms with E-state index in [0.29, 0.717) is 11.3 Å². The van der Waals surface area contributed by atoms with E-state index in [1.165, 1.54) is 19.3 Å². The molecule has 0 aliphatic heterocycles. The number of nitrogens with one attached hydrogen (secondary N) is 2. The lowest BCUT2D eigenvalue weighted by Crippen LogP contribution is -2.14. The van der Waals surface area contributed by atoms with Gasteiger partial charge in [-0.25, -0.2) is 0 Å². The molecular formula is C17H13N3O5. The molecule has 0 unspecified atom stereocenters. The fourth-order valence-electron chi connectivity index (χ4n) is 1.99. The Morgan fingerprint density at radius 1 is 0.960 bits per heavy atom. The summed E-state index contributed by atoms with van der Waals surface area (Å²) in [5.74, 6) is -1.03. The molecule has 25 heavy (non-hydrogen) atoms. The quantitative estimate of drug-likeness (QED) is 0.691. The van der Waals surface area contributed by atoms with E-state index in [9.17, 15) is 14.4 Å². The molecule has 0 aliphatic rings. The molecule has 0 bridgehead atoms. The second-order valence-corrected chi connectivity index (χ2v) is 5.06. The number of benzene rings is 1. The van der Waals surface area contributed by atoms with Gasteiger partial charge in [-0.2, -0.15) is 4.98 Å². The summed E-state index contributed by atoms with van der Waals surface area (Å²) in [6, 6.07) is 9.35. The molecule has 0 aliphatic carbocycles. The number of carbonyl (C=O) groups is 3. The highest BCUT2D eigenvalue weighted by Crippen LogP contribution is 2.14. The van der Waals surface area contributed by atoms with E-state index in [-0.39, 0.29) is 23.3 Å². The van der Waals surface area contributed by atoms with Gasteiger partial charge in [0.25, 0.3) is 11.8 Å². The van der Waals surface area contributed by atoms with Crippen LogP contribution in [0.25, 0.3) is 0 Å². The Bertz CT molecular complexity index is 910. The number of rotatable bonds is 5. The Morgan fingerprint density at radius 2 is 1.72 bits per heavy atom. The van der Waals surface area contributed by atoms with Crippen LogP contribution in [0.1, 0.15) is 38.3 Å². The van der Waals surface area contributed by atoms with Gasteiger partial charge in [0, 0.05) is 11.3 Å². The van der Waals surface area contributed by atoms with Crippen molar-refractivity contribution >= 4 is 29.3 Å². The first-order valence-corrected chi connectivity index (χ1v) is 7.25. The van der Waals surface area contributed by atoms with Gasteiger partial charge in [0.1, 0.15) is 6.26 Å². The van der Waals surface area contributed by atoms with Crippen molar-refractivity contribution in [1.82, 2.24) is 4.98 Å². The van der Waals surface area contributed by atoms with Crippen molar-refractivity contribution in [2.75, 3.05) is 10.6 Å². The highest BCUT2D eigenvalue weighted by atomic mass is 16.4. The number of hydrogen-bond donors (Lipinski definition) is 2. The fraction of sp³-hybridized carbons (Fsp3) is 0.0588. The van der Waals surface area contributed by atoms with Crippen molar-refractivity contribution in [2.24, 2.45) is 0 Å². The van der Waals surface area contributed by atoms with Crippen molar-refractivity contribution in [3.63, 3.8) is 0 Å². The van der Waals surface area contributed by atoms with Gasteiger partial charge < -0.3 is 14.2 Å². The van der Waals surface area contributed by atoms with E-state index in [2.05, 4.69) is 15.6 Å². The number of hydrogen-bond acceptors (Lipinski definition) is 6. The summed E-state index contributed by atoms with van der Waals surface area (Å²) in [7, 11) is 0. The number of nitrogens with zero attached hydrogens (tertiary/aromatic N) is 1. The van der Waals surface area contributed by atoms with Crippen LogP contribution >= 0.6 is 0 Å². The number of aromatic nitrogens is 1. The topological polar surface area (TPSA) is 114 Å². The van der Waals surface area contributed by atoms with Crippen LogP contribution in [0.15, 0.2) is 57.8 Å². The van der Waals surface area contributed by atoms with Crippen LogP contribution in [0.5, 0.6) is 0 Å². The summed E-state index contributed by atoms with van der Waals surface area (Å²) in [5, 5.41) is 4.99. The minimum Gasteiger partial charge on any atom is -0.459 e. The highest BCUT2D eigenvalue weighted by Gasteiger charge is 2.16. The summed E-state index contributed by atoms with van der Waals surface area (Å²) in [5.41, 5.74) is 1.03. The average Bonchev–Trinajstić information content (AvgIpc) is 3.27. The lowest BCUT2D eigenvalue weighted by molar-refractivity contribution is 0.0989. The van der Waals surface area contributed by atoms with Crippen molar-refractivity contribution in [1.29, 1.82) is 0 Å². The minimum atomic E-state index is -0.543. The Hall–Kier alpha value is -3.68. The zero-order chi connectivity index (χ0) is 17.8. The van der Waals surface area contributed by atoms with E-state index in [0.717, 1.165) is 6.26 Å². The second-order valence-electron chi connectivity index (χ2n) is 5.06. The average molecular weight is 339 g/mol. The third kappa shape index (κ3) is 3.81. The first-order chi connectivity index (χ1) is 12.0. The molecule has 0 spiro atoms. The van der Waals surface area contributed by atoms with E-state index < -0.39 is 11.8 Å². The van der Waals surface area contributed by atoms with Gasteiger partial charge in [0.2, 0.25) is 0 Å². The van der Waals surface area contributed by atoms with Crippen LogP contribution in [0.4, 0.5) is 11.7 Å². The van der Waals surface area contributed by atoms with Crippen LogP contribution in [0.3, 0.4) is 0 Å². The van der Waals surface area contributed by atoms with Crippen LogP contribution in [-0.4, -0.2) is 22.6 Å². The summed E-state index contributed by atoms with van der Waals surface area (Å²) in [6.07, 6.45) is 2.48. The molecule has 0 atom stereocenters. The molecule has 2 heterocycles. The van der Waals surface area contributed by atoms with E-state index in [4.69, 9.17) is 8.83 Å². The van der Waals surface area contributed by atoms with Crippen molar-refractivity contribution in [3.05, 3.63) is 65.9 Å². The lowest BCUT2D eigenvalue weighted by atomic mass is 10.1. The Kier molecular flexibility index (Phi) is 4.42. The number of carbonyl (C=O) groups excluding carboxylic acids is 3. The molecule has 1 aromatic carbocycles. The van der Waals surface area contributed by atoms with Gasteiger partial charge in [0.15, 0.2) is 17.2 Å². The molecular weight excluding hydrogens is 326 g/mol. The van der Waals surface area contributed by atoms with E-state index in [1.807, 2.05) is 0 Å². The van der Waals surface area contributed by atoms with Crippen molar-refractivity contribution in [2.45, 2.75) is 6.92 Å². The van der Waals surface area contributed by atoms with Crippen LogP contribution in [-0.2, 0) is 0 Å². The monoisotopic (exact) mass is 339 g/mol. The summed E-state index contributed by atoms with van der Waals surface area (Å²) in [6.45, 7) is 1.46. The van der Waals surface area contributed by atoms with Gasteiger partial charge in [-0.3, -0.25) is 19.7 Å². The molecule has 0 radical (unpaired) electrons. The first kappa shape index (κ1) is 16.2. The predicted molar refractivity (Wildman–Crippen MR) is 87.6 cm³/mol. The zero-order valence-electron chi connectivity index (χ0n) is 13.1. The number of ketones is 1. The maximum Gasteiger partial charge on any atom is 0.302 e. The van der Waals surface area contributed by atoms with Gasteiger partial charge in [-0.15, -0.1) is 0 Å². The standard InChI is InChI=1S/C17H13N3O5/c1-10(21)11-4-6-12(7-5-11)18-15(22)13-9-25-17(19-13)20-16(23)14-3-2-8-24-14/h2-9H,1H3,(H,18,22)(H,19,20,23).